The molecule has 0 radical (unpaired) electrons. The Labute approximate surface area is 172 Å². The molecule has 4 aromatic rings. The number of carbonyl (C=O) groups excluding carboxylic acids is 1. The van der Waals surface area contributed by atoms with Gasteiger partial charge in [0.2, 0.25) is 11.8 Å². The number of nitrogens with one attached hydrogen (secondary N) is 2. The van der Waals surface area contributed by atoms with Crippen LogP contribution in [0.4, 0.5) is 5.69 Å². The number of amides is 1. The Morgan fingerprint density at radius 2 is 1.79 bits per heavy atom. The first-order chi connectivity index (χ1) is 14.2. The quantitative estimate of drug-likeness (QED) is 0.390. The molecule has 2 aromatic carbocycles. The van der Waals surface area contributed by atoms with E-state index in [0.717, 1.165) is 16.8 Å². The van der Waals surface area contributed by atoms with Crippen LogP contribution in [0, 0.1) is 0 Å². The van der Waals surface area contributed by atoms with E-state index in [-0.39, 0.29) is 11.0 Å². The summed E-state index contributed by atoms with van der Waals surface area (Å²) in [7, 11) is 0. The van der Waals surface area contributed by atoms with Gasteiger partial charge in [0.15, 0.2) is 16.3 Å². The Balaban J connectivity index is 1.36. The van der Waals surface area contributed by atoms with Crippen LogP contribution >= 0.6 is 12.2 Å². The minimum Gasteiger partial charge on any atom is -0.434 e. The fourth-order valence-corrected chi connectivity index (χ4v) is 2.86. The van der Waals surface area contributed by atoms with E-state index in [1.165, 1.54) is 6.08 Å². The molecule has 0 saturated heterocycles. The zero-order valence-corrected chi connectivity index (χ0v) is 16.0. The number of aromatic nitrogens is 2. The molecule has 0 bridgehead atoms. The number of hydrogen-bond donors (Lipinski definition) is 2. The van der Waals surface area contributed by atoms with Gasteiger partial charge in [0, 0.05) is 23.5 Å². The molecule has 0 saturated carbocycles. The molecule has 2 N–H and O–H groups in total. The third kappa shape index (κ3) is 4.72. The molecule has 0 aliphatic heterocycles. The van der Waals surface area contributed by atoms with Crippen molar-refractivity contribution in [2.45, 2.75) is 0 Å². The molecule has 142 valence electrons. The highest BCUT2D eigenvalue weighted by atomic mass is 32.1. The summed E-state index contributed by atoms with van der Waals surface area (Å²) in [5.74, 6) is 0.189. The van der Waals surface area contributed by atoms with Crippen LogP contribution in [0.3, 0.4) is 0 Å². The van der Waals surface area contributed by atoms with Crippen molar-refractivity contribution in [3.8, 4) is 11.5 Å². The van der Waals surface area contributed by atoms with Crippen LogP contribution in [0.5, 0.6) is 0 Å². The number of oxazole rings is 1. The Bertz CT molecular complexity index is 1150. The monoisotopic (exact) mass is 400 g/mol. The van der Waals surface area contributed by atoms with Crippen molar-refractivity contribution in [1.82, 2.24) is 15.3 Å². The molecule has 0 aliphatic rings. The minimum absolute atomic E-state index is 0.214. The van der Waals surface area contributed by atoms with E-state index < -0.39 is 0 Å². The molecule has 0 fully saturated rings. The summed E-state index contributed by atoms with van der Waals surface area (Å²) < 4.78 is 5.71. The first kappa shape index (κ1) is 18.5. The van der Waals surface area contributed by atoms with Crippen molar-refractivity contribution in [3.05, 3.63) is 84.6 Å². The van der Waals surface area contributed by atoms with Crippen LogP contribution < -0.4 is 10.6 Å². The number of rotatable bonds is 4. The Morgan fingerprint density at radius 3 is 2.55 bits per heavy atom. The smallest absolute Gasteiger partial charge is 0.250 e. The van der Waals surface area contributed by atoms with Gasteiger partial charge in [0.1, 0.15) is 0 Å². The van der Waals surface area contributed by atoms with Gasteiger partial charge in [-0.15, -0.1) is 0 Å². The van der Waals surface area contributed by atoms with Crippen LogP contribution in [0.1, 0.15) is 5.56 Å². The number of fused-ring (bicyclic) bond motifs is 1. The SMILES string of the molecule is O=C(/C=C/c1ccccc1)NC(=S)Nc1ccc(-c2nc3ncccc3o2)cc1. The lowest BCUT2D eigenvalue weighted by atomic mass is 10.2. The molecule has 4 rings (SSSR count). The van der Waals surface area contributed by atoms with Gasteiger partial charge < -0.3 is 9.73 Å². The van der Waals surface area contributed by atoms with E-state index in [9.17, 15) is 4.79 Å². The largest absolute Gasteiger partial charge is 0.434 e. The zero-order valence-electron chi connectivity index (χ0n) is 15.2. The summed E-state index contributed by atoms with van der Waals surface area (Å²) in [6.07, 6.45) is 4.83. The third-order valence-electron chi connectivity index (χ3n) is 4.02. The van der Waals surface area contributed by atoms with Crippen molar-refractivity contribution in [2.24, 2.45) is 0 Å². The molecular formula is C22H16N4O2S. The minimum atomic E-state index is -0.304. The molecule has 6 nitrogen and oxygen atoms in total. The van der Waals surface area contributed by atoms with E-state index in [1.807, 2.05) is 60.7 Å². The molecule has 2 heterocycles. The highest BCUT2D eigenvalue weighted by Gasteiger charge is 2.09. The first-order valence-electron chi connectivity index (χ1n) is 8.84. The Kier molecular flexibility index (Phi) is 5.40. The van der Waals surface area contributed by atoms with Crippen LogP contribution in [-0.2, 0) is 4.79 Å². The molecule has 0 unspecified atom stereocenters. The second-order valence-corrected chi connectivity index (χ2v) is 6.52. The van der Waals surface area contributed by atoms with Gasteiger partial charge in [-0.05, 0) is 60.3 Å². The van der Waals surface area contributed by atoms with Gasteiger partial charge in [-0.25, -0.2) is 4.98 Å². The number of hydrogen-bond acceptors (Lipinski definition) is 5. The Hall–Kier alpha value is -3.84. The second-order valence-electron chi connectivity index (χ2n) is 6.11. The number of thiocarbonyl (C=S) groups is 1. The maximum atomic E-state index is 12.0. The van der Waals surface area contributed by atoms with Gasteiger partial charge >= 0.3 is 0 Å². The van der Waals surface area contributed by atoms with Crippen LogP contribution in [0.2, 0.25) is 0 Å². The predicted octanol–water partition coefficient (Wildman–Crippen LogP) is 4.42. The highest BCUT2D eigenvalue weighted by Crippen LogP contribution is 2.24. The van der Waals surface area contributed by atoms with Crippen molar-refractivity contribution < 1.29 is 9.21 Å². The number of carbonyl (C=O) groups is 1. The van der Waals surface area contributed by atoms with Gasteiger partial charge in [0.05, 0.1) is 0 Å². The predicted molar refractivity (Wildman–Crippen MR) is 117 cm³/mol. The molecule has 29 heavy (non-hydrogen) atoms. The summed E-state index contributed by atoms with van der Waals surface area (Å²) in [5.41, 5.74) is 3.69. The van der Waals surface area contributed by atoms with Crippen molar-refractivity contribution in [2.75, 3.05) is 5.32 Å². The maximum absolute atomic E-state index is 12.0. The lowest BCUT2D eigenvalue weighted by molar-refractivity contribution is -0.115. The molecule has 0 aliphatic carbocycles. The number of anilines is 1. The molecule has 2 aromatic heterocycles. The van der Waals surface area contributed by atoms with E-state index in [4.69, 9.17) is 16.6 Å². The molecule has 1 amide bonds. The lowest BCUT2D eigenvalue weighted by Gasteiger charge is -2.08. The summed E-state index contributed by atoms with van der Waals surface area (Å²) in [4.78, 5) is 20.5. The summed E-state index contributed by atoms with van der Waals surface area (Å²) >= 11 is 5.20. The van der Waals surface area contributed by atoms with Gasteiger partial charge in [-0.3, -0.25) is 10.1 Å². The highest BCUT2D eigenvalue weighted by molar-refractivity contribution is 7.80. The molecule has 0 spiro atoms. The van der Waals surface area contributed by atoms with Crippen molar-refractivity contribution in [1.29, 1.82) is 0 Å². The molecule has 7 heteroatoms. The third-order valence-corrected chi connectivity index (χ3v) is 4.22. The molecule has 0 atom stereocenters. The normalized spacial score (nSPS) is 10.9. The summed E-state index contributed by atoms with van der Waals surface area (Å²) in [6, 6.07) is 20.5. The summed E-state index contributed by atoms with van der Waals surface area (Å²) in [6.45, 7) is 0. The fourth-order valence-electron chi connectivity index (χ4n) is 2.64. The van der Waals surface area contributed by atoms with Gasteiger partial charge in [0.25, 0.3) is 0 Å². The standard InChI is InChI=1S/C22H16N4O2S/c27-19(13-8-15-5-2-1-3-6-15)25-22(29)24-17-11-9-16(10-12-17)21-26-20-18(28-21)7-4-14-23-20/h1-14H,(H2,24,25,27,29)/b13-8+. The van der Waals surface area contributed by atoms with Crippen LogP contribution in [0.15, 0.2) is 83.4 Å². The van der Waals surface area contributed by atoms with Gasteiger partial charge in [-0.2, -0.15) is 4.98 Å². The van der Waals surface area contributed by atoms with E-state index in [1.54, 1.807) is 18.3 Å². The van der Waals surface area contributed by atoms with Crippen molar-refractivity contribution >= 4 is 46.2 Å². The van der Waals surface area contributed by atoms with Crippen LogP contribution in [-0.4, -0.2) is 21.0 Å². The zero-order chi connectivity index (χ0) is 20.1. The second kappa shape index (κ2) is 8.45. The average molecular weight is 400 g/mol. The summed E-state index contributed by atoms with van der Waals surface area (Å²) in [5, 5.41) is 5.81. The maximum Gasteiger partial charge on any atom is 0.250 e. The number of pyridine rings is 1. The van der Waals surface area contributed by atoms with E-state index in [0.29, 0.717) is 17.1 Å². The topological polar surface area (TPSA) is 80.0 Å². The first-order valence-corrected chi connectivity index (χ1v) is 9.25. The fraction of sp³-hybridized carbons (Fsp3) is 0. The van der Waals surface area contributed by atoms with Crippen molar-refractivity contribution in [3.63, 3.8) is 0 Å². The van der Waals surface area contributed by atoms with Gasteiger partial charge in [-0.1, -0.05) is 30.3 Å². The molecular weight excluding hydrogens is 384 g/mol. The number of benzene rings is 2. The number of nitrogens with zero attached hydrogens (tertiary/aromatic N) is 2. The average Bonchev–Trinajstić information content (AvgIpc) is 3.18. The lowest BCUT2D eigenvalue weighted by Crippen LogP contribution is -2.32. The Morgan fingerprint density at radius 1 is 1.00 bits per heavy atom. The van der Waals surface area contributed by atoms with Crippen LogP contribution in [0.25, 0.3) is 28.8 Å². The van der Waals surface area contributed by atoms with E-state index >= 15 is 0 Å². The van der Waals surface area contributed by atoms with E-state index in [2.05, 4.69) is 20.6 Å².